The molecule has 0 aromatic heterocycles. The van der Waals surface area contributed by atoms with Gasteiger partial charge in [0.05, 0.1) is 0 Å². The molecule has 1 unspecified atom stereocenters. The van der Waals surface area contributed by atoms with E-state index >= 15 is 0 Å². The van der Waals surface area contributed by atoms with Gasteiger partial charge in [0.15, 0.2) is 0 Å². The highest BCUT2D eigenvalue weighted by molar-refractivity contribution is 6.31. The second kappa shape index (κ2) is 7.82. The summed E-state index contributed by atoms with van der Waals surface area (Å²) in [4.78, 5) is 12.0. The monoisotopic (exact) mass is 319 g/mol. The molecule has 0 spiro atoms. The van der Waals surface area contributed by atoms with Gasteiger partial charge in [-0.1, -0.05) is 35.9 Å². The van der Waals surface area contributed by atoms with E-state index in [2.05, 4.69) is 5.32 Å². The molecule has 2 aromatic rings. The summed E-state index contributed by atoms with van der Waals surface area (Å²) in [5.41, 5.74) is 1.32. The predicted octanol–water partition coefficient (Wildman–Crippen LogP) is 2.63. The van der Waals surface area contributed by atoms with Crippen molar-refractivity contribution in [2.75, 3.05) is 13.2 Å². The zero-order valence-corrected chi connectivity index (χ0v) is 12.8. The lowest BCUT2D eigenvalue weighted by atomic mass is 10.00. The van der Waals surface area contributed by atoms with Crippen molar-refractivity contribution < 1.29 is 15.0 Å². The number of hydrogen-bond donors (Lipinski definition) is 3. The van der Waals surface area contributed by atoms with E-state index in [9.17, 15) is 15.0 Å². The average Bonchev–Trinajstić information content (AvgIpc) is 2.52. The lowest BCUT2D eigenvalue weighted by Crippen LogP contribution is -2.31. The molecular weight excluding hydrogens is 302 g/mol. The van der Waals surface area contributed by atoms with Gasteiger partial charge in [-0.2, -0.15) is 0 Å². The maximum absolute atomic E-state index is 12.0. The molecule has 0 fully saturated rings. The SMILES string of the molecule is O=C(NCC(CO)Cc1ccccc1Cl)c1cccc(O)c1. The molecule has 5 heteroatoms. The van der Waals surface area contributed by atoms with Crippen LogP contribution in [0.2, 0.25) is 5.02 Å². The first-order valence-electron chi connectivity index (χ1n) is 7.01. The number of benzene rings is 2. The molecule has 3 N–H and O–H groups in total. The van der Waals surface area contributed by atoms with Gasteiger partial charge >= 0.3 is 0 Å². The Morgan fingerprint density at radius 3 is 2.64 bits per heavy atom. The van der Waals surface area contributed by atoms with Gasteiger partial charge in [-0.15, -0.1) is 0 Å². The molecule has 22 heavy (non-hydrogen) atoms. The van der Waals surface area contributed by atoms with Crippen LogP contribution in [-0.4, -0.2) is 29.3 Å². The standard InChI is InChI=1S/C17H18ClNO3/c18-16-7-2-1-4-13(16)8-12(11-20)10-19-17(22)14-5-3-6-15(21)9-14/h1-7,9,12,20-21H,8,10-11H2,(H,19,22). The molecule has 0 radical (unpaired) electrons. The van der Waals surface area contributed by atoms with Crippen molar-refractivity contribution in [3.8, 4) is 5.75 Å². The topological polar surface area (TPSA) is 69.6 Å². The van der Waals surface area contributed by atoms with E-state index in [1.165, 1.54) is 12.1 Å². The first kappa shape index (κ1) is 16.3. The van der Waals surface area contributed by atoms with E-state index in [0.29, 0.717) is 23.6 Å². The van der Waals surface area contributed by atoms with Crippen LogP contribution in [0.15, 0.2) is 48.5 Å². The molecule has 0 aliphatic carbocycles. The second-order valence-electron chi connectivity index (χ2n) is 5.10. The number of amides is 1. The van der Waals surface area contributed by atoms with Gasteiger partial charge in [-0.25, -0.2) is 0 Å². The van der Waals surface area contributed by atoms with Crippen molar-refractivity contribution in [3.63, 3.8) is 0 Å². The lowest BCUT2D eigenvalue weighted by Gasteiger charge is -2.16. The number of halogens is 1. The Hall–Kier alpha value is -2.04. The van der Waals surface area contributed by atoms with E-state index in [0.717, 1.165) is 5.56 Å². The average molecular weight is 320 g/mol. The number of aliphatic hydroxyl groups excluding tert-OH is 1. The van der Waals surface area contributed by atoms with Gasteiger partial charge in [0.2, 0.25) is 0 Å². The van der Waals surface area contributed by atoms with Gasteiger partial charge in [0.1, 0.15) is 5.75 Å². The molecule has 0 saturated heterocycles. The molecule has 0 saturated carbocycles. The van der Waals surface area contributed by atoms with Crippen LogP contribution in [0.25, 0.3) is 0 Å². The summed E-state index contributed by atoms with van der Waals surface area (Å²) in [6.45, 7) is 0.280. The summed E-state index contributed by atoms with van der Waals surface area (Å²) < 4.78 is 0. The minimum absolute atomic E-state index is 0.0439. The van der Waals surface area contributed by atoms with Crippen LogP contribution in [0.3, 0.4) is 0 Å². The molecular formula is C17H18ClNO3. The van der Waals surface area contributed by atoms with Crippen LogP contribution in [0.5, 0.6) is 5.75 Å². The zero-order valence-electron chi connectivity index (χ0n) is 12.0. The maximum atomic E-state index is 12.0. The highest BCUT2D eigenvalue weighted by Crippen LogP contribution is 2.18. The number of phenolic OH excluding ortho intramolecular Hbond substituents is 1. The van der Waals surface area contributed by atoms with Crippen LogP contribution in [0.1, 0.15) is 15.9 Å². The minimum atomic E-state index is -0.284. The van der Waals surface area contributed by atoms with E-state index in [4.69, 9.17) is 11.6 Å². The summed E-state index contributed by atoms with van der Waals surface area (Å²) >= 11 is 6.10. The van der Waals surface area contributed by atoms with Gasteiger partial charge in [-0.05, 0) is 36.2 Å². The molecule has 4 nitrogen and oxygen atoms in total. The molecule has 2 aromatic carbocycles. The van der Waals surface area contributed by atoms with E-state index in [-0.39, 0.29) is 24.2 Å². The van der Waals surface area contributed by atoms with Crippen LogP contribution in [-0.2, 0) is 6.42 Å². The molecule has 0 heterocycles. The predicted molar refractivity (Wildman–Crippen MR) is 86.2 cm³/mol. The van der Waals surface area contributed by atoms with E-state index in [1.54, 1.807) is 18.2 Å². The number of carbonyl (C=O) groups excluding carboxylic acids is 1. The molecule has 0 bridgehead atoms. The second-order valence-corrected chi connectivity index (χ2v) is 5.51. The molecule has 2 rings (SSSR count). The fourth-order valence-electron chi connectivity index (χ4n) is 2.16. The van der Waals surface area contributed by atoms with Crippen molar-refractivity contribution >= 4 is 17.5 Å². The van der Waals surface area contributed by atoms with Crippen molar-refractivity contribution in [2.45, 2.75) is 6.42 Å². The Morgan fingerprint density at radius 1 is 1.18 bits per heavy atom. The third kappa shape index (κ3) is 4.48. The van der Waals surface area contributed by atoms with Crippen molar-refractivity contribution in [1.82, 2.24) is 5.32 Å². The van der Waals surface area contributed by atoms with Crippen molar-refractivity contribution in [1.29, 1.82) is 0 Å². The number of hydrogen-bond acceptors (Lipinski definition) is 3. The summed E-state index contributed by atoms with van der Waals surface area (Å²) in [5, 5.41) is 22.3. The van der Waals surface area contributed by atoms with E-state index < -0.39 is 0 Å². The highest BCUT2D eigenvalue weighted by Gasteiger charge is 2.13. The first-order valence-corrected chi connectivity index (χ1v) is 7.39. The molecule has 0 aliphatic rings. The van der Waals surface area contributed by atoms with Gasteiger partial charge in [-0.3, -0.25) is 4.79 Å². The molecule has 1 amide bonds. The van der Waals surface area contributed by atoms with E-state index in [1.807, 2.05) is 18.2 Å². The number of aliphatic hydroxyl groups is 1. The van der Waals surface area contributed by atoms with Crippen LogP contribution in [0, 0.1) is 5.92 Å². The van der Waals surface area contributed by atoms with Gasteiger partial charge < -0.3 is 15.5 Å². The Bertz CT molecular complexity index is 645. The number of carbonyl (C=O) groups is 1. The van der Waals surface area contributed by atoms with Crippen LogP contribution < -0.4 is 5.32 Å². The first-order chi connectivity index (χ1) is 10.6. The van der Waals surface area contributed by atoms with Crippen molar-refractivity contribution in [3.05, 3.63) is 64.7 Å². The van der Waals surface area contributed by atoms with Gasteiger partial charge in [0, 0.05) is 29.7 Å². The van der Waals surface area contributed by atoms with Crippen molar-refractivity contribution in [2.24, 2.45) is 5.92 Å². The molecule has 116 valence electrons. The summed E-state index contributed by atoms with van der Waals surface area (Å²) in [6.07, 6.45) is 0.580. The normalized spacial score (nSPS) is 11.9. The molecule has 0 aliphatic heterocycles. The molecule has 1 atom stereocenters. The largest absolute Gasteiger partial charge is 0.508 e. The Kier molecular flexibility index (Phi) is 5.81. The quantitative estimate of drug-likeness (QED) is 0.766. The maximum Gasteiger partial charge on any atom is 0.251 e. The van der Waals surface area contributed by atoms with Gasteiger partial charge in [0.25, 0.3) is 5.91 Å². The summed E-state index contributed by atoms with van der Waals surface area (Å²) in [7, 11) is 0. The number of phenols is 1. The van der Waals surface area contributed by atoms with Crippen LogP contribution in [0.4, 0.5) is 0 Å². The fraction of sp³-hybridized carbons (Fsp3) is 0.235. The number of rotatable bonds is 6. The zero-order chi connectivity index (χ0) is 15.9. The Morgan fingerprint density at radius 2 is 1.95 bits per heavy atom. The Labute approximate surface area is 134 Å². The number of aromatic hydroxyl groups is 1. The minimum Gasteiger partial charge on any atom is -0.508 e. The Balaban J connectivity index is 1.94. The lowest BCUT2D eigenvalue weighted by molar-refractivity contribution is 0.0939. The number of nitrogens with one attached hydrogen (secondary N) is 1. The fourth-order valence-corrected chi connectivity index (χ4v) is 2.38. The van der Waals surface area contributed by atoms with Crippen LogP contribution >= 0.6 is 11.6 Å². The summed E-state index contributed by atoms with van der Waals surface area (Å²) in [6, 6.07) is 13.6. The highest BCUT2D eigenvalue weighted by atomic mass is 35.5. The third-order valence-electron chi connectivity index (χ3n) is 3.38. The summed E-state index contributed by atoms with van der Waals surface area (Å²) in [5.74, 6) is -0.364. The third-order valence-corrected chi connectivity index (χ3v) is 3.75. The smallest absolute Gasteiger partial charge is 0.251 e.